The van der Waals surface area contributed by atoms with Gasteiger partial charge in [0.1, 0.15) is 11.6 Å². The lowest BCUT2D eigenvalue weighted by Crippen LogP contribution is -2.51. The second-order valence-electron chi connectivity index (χ2n) is 4.91. The largest absolute Gasteiger partial charge is 0.480 e. The van der Waals surface area contributed by atoms with E-state index < -0.39 is 29.6 Å². The Morgan fingerprint density at radius 1 is 1.48 bits per heavy atom. The number of carboxylic acids is 1. The molecule has 0 aromatic heterocycles. The first-order chi connectivity index (χ1) is 9.88. The summed E-state index contributed by atoms with van der Waals surface area (Å²) in [5, 5.41) is 13.8. The van der Waals surface area contributed by atoms with Crippen LogP contribution in [0.5, 0.6) is 0 Å². The van der Waals surface area contributed by atoms with Gasteiger partial charge in [-0.25, -0.2) is 9.59 Å². The van der Waals surface area contributed by atoms with Crippen LogP contribution in [0.2, 0.25) is 0 Å². The van der Waals surface area contributed by atoms with E-state index >= 15 is 0 Å². The molecule has 1 saturated heterocycles. The lowest BCUT2D eigenvalue weighted by Gasteiger charge is -2.26. The topological polar surface area (TPSA) is 140 Å². The van der Waals surface area contributed by atoms with E-state index in [0.717, 1.165) is 0 Å². The summed E-state index contributed by atoms with van der Waals surface area (Å²) in [5.74, 6) is -1.85. The zero-order valence-corrected chi connectivity index (χ0v) is 11.9. The van der Waals surface area contributed by atoms with Crippen LogP contribution >= 0.6 is 0 Å². The van der Waals surface area contributed by atoms with Crippen LogP contribution in [0.15, 0.2) is 0 Å². The molecule has 21 heavy (non-hydrogen) atoms. The van der Waals surface area contributed by atoms with Gasteiger partial charge in [-0.15, -0.1) is 0 Å². The minimum Gasteiger partial charge on any atom is -0.480 e. The number of primary amides is 1. The third-order valence-electron chi connectivity index (χ3n) is 3.35. The third-order valence-corrected chi connectivity index (χ3v) is 3.35. The number of hydrogen-bond donors (Lipinski definition) is 4. The van der Waals surface area contributed by atoms with Gasteiger partial charge < -0.3 is 30.9 Å². The van der Waals surface area contributed by atoms with Crippen LogP contribution in [0.3, 0.4) is 0 Å². The Bertz CT molecular complexity index is 394. The number of hydrogen-bond acceptors (Lipinski definition) is 5. The molecule has 3 amide bonds. The molecular weight excluding hydrogens is 282 g/mol. The maximum atomic E-state index is 11.7. The van der Waals surface area contributed by atoms with Gasteiger partial charge >= 0.3 is 12.0 Å². The summed E-state index contributed by atoms with van der Waals surface area (Å²) in [7, 11) is 1.53. The van der Waals surface area contributed by atoms with E-state index in [2.05, 4.69) is 10.6 Å². The molecule has 0 aromatic rings. The Labute approximate surface area is 122 Å². The average Bonchev–Trinajstić information content (AvgIpc) is 2.90. The number of methoxy groups -OCH3 is 1. The zero-order chi connectivity index (χ0) is 15.9. The van der Waals surface area contributed by atoms with Gasteiger partial charge in [0.25, 0.3) is 0 Å². The lowest BCUT2D eigenvalue weighted by atomic mass is 10.0. The van der Waals surface area contributed by atoms with E-state index in [9.17, 15) is 14.4 Å². The second-order valence-corrected chi connectivity index (χ2v) is 4.91. The van der Waals surface area contributed by atoms with E-state index in [-0.39, 0.29) is 19.4 Å². The van der Waals surface area contributed by atoms with Crippen LogP contribution in [0, 0.1) is 0 Å². The van der Waals surface area contributed by atoms with Crippen LogP contribution in [0.25, 0.3) is 0 Å². The van der Waals surface area contributed by atoms with Crippen molar-refractivity contribution in [3.63, 3.8) is 0 Å². The summed E-state index contributed by atoms with van der Waals surface area (Å²) >= 11 is 0. The molecule has 0 saturated carbocycles. The highest BCUT2D eigenvalue weighted by Gasteiger charge is 2.35. The van der Waals surface area contributed by atoms with Crippen molar-refractivity contribution in [1.29, 1.82) is 0 Å². The van der Waals surface area contributed by atoms with E-state index in [1.54, 1.807) is 0 Å². The van der Waals surface area contributed by atoms with Crippen LogP contribution in [-0.2, 0) is 19.1 Å². The number of carbonyl (C=O) groups is 3. The van der Waals surface area contributed by atoms with Gasteiger partial charge in [-0.05, 0) is 6.42 Å². The van der Waals surface area contributed by atoms with E-state index in [1.807, 2.05) is 0 Å². The van der Waals surface area contributed by atoms with Crippen molar-refractivity contribution < 1.29 is 29.0 Å². The number of amides is 3. The van der Waals surface area contributed by atoms with Gasteiger partial charge in [-0.1, -0.05) is 0 Å². The Morgan fingerprint density at radius 3 is 2.67 bits per heavy atom. The number of nitrogens with one attached hydrogen (secondary N) is 2. The second kappa shape index (κ2) is 7.79. The van der Waals surface area contributed by atoms with Crippen molar-refractivity contribution in [2.24, 2.45) is 5.73 Å². The number of ether oxygens (including phenoxy) is 2. The SMILES string of the molecule is COC1(CNC(=O)NC(CCC(N)=O)C(=O)O)CCOC1. The Kier molecular flexibility index (Phi) is 6.38. The molecule has 0 radical (unpaired) electrons. The quantitative estimate of drug-likeness (QED) is 0.444. The first kappa shape index (κ1) is 17.2. The predicted molar refractivity (Wildman–Crippen MR) is 71.6 cm³/mol. The molecule has 1 heterocycles. The maximum absolute atomic E-state index is 11.7. The van der Waals surface area contributed by atoms with Crippen molar-refractivity contribution in [3.05, 3.63) is 0 Å². The molecule has 0 bridgehead atoms. The molecule has 0 spiro atoms. The molecule has 1 rings (SSSR count). The monoisotopic (exact) mass is 303 g/mol. The molecule has 5 N–H and O–H groups in total. The standard InChI is InChI=1S/C12H21N3O6/c1-20-12(4-5-21-7-12)6-14-11(19)15-8(10(17)18)2-3-9(13)16/h8H,2-7H2,1H3,(H2,13,16)(H,17,18)(H2,14,15,19). The fraction of sp³-hybridized carbons (Fsp3) is 0.750. The van der Waals surface area contributed by atoms with Crippen LogP contribution in [-0.4, -0.2) is 61.5 Å². The van der Waals surface area contributed by atoms with Gasteiger partial charge in [0.2, 0.25) is 5.91 Å². The summed E-state index contributed by atoms with van der Waals surface area (Å²) in [5.41, 5.74) is 4.38. The number of aliphatic carboxylic acids is 1. The zero-order valence-electron chi connectivity index (χ0n) is 11.9. The van der Waals surface area contributed by atoms with Gasteiger partial charge in [0.05, 0.1) is 13.2 Å². The molecule has 120 valence electrons. The molecule has 9 nitrogen and oxygen atoms in total. The Balaban J connectivity index is 2.42. The summed E-state index contributed by atoms with van der Waals surface area (Å²) in [6, 6.07) is -1.81. The molecule has 0 aromatic carbocycles. The van der Waals surface area contributed by atoms with Crippen molar-refractivity contribution >= 4 is 17.9 Å². The Hall–Kier alpha value is -1.87. The number of nitrogens with two attached hydrogens (primary N) is 1. The number of carboxylic acid groups (broad SMARTS) is 1. The van der Waals surface area contributed by atoms with Gasteiger partial charge in [-0.2, -0.15) is 0 Å². The smallest absolute Gasteiger partial charge is 0.326 e. The number of urea groups is 1. The van der Waals surface area contributed by atoms with Gasteiger partial charge in [0, 0.05) is 26.6 Å². The fourth-order valence-electron chi connectivity index (χ4n) is 1.96. The first-order valence-corrected chi connectivity index (χ1v) is 6.57. The Morgan fingerprint density at radius 2 is 2.19 bits per heavy atom. The minimum absolute atomic E-state index is 0.0589. The predicted octanol–water partition coefficient (Wildman–Crippen LogP) is -1.19. The van der Waals surface area contributed by atoms with Crippen molar-refractivity contribution in [1.82, 2.24) is 10.6 Å². The third kappa shape index (κ3) is 5.56. The van der Waals surface area contributed by atoms with Gasteiger partial charge in [-0.3, -0.25) is 4.79 Å². The molecule has 2 atom stereocenters. The lowest BCUT2D eigenvalue weighted by molar-refractivity contribution is -0.139. The summed E-state index contributed by atoms with van der Waals surface area (Å²) < 4.78 is 10.6. The van der Waals surface area contributed by atoms with Gasteiger partial charge in [0.15, 0.2) is 0 Å². The highest BCUT2D eigenvalue weighted by molar-refractivity contribution is 5.83. The summed E-state index contributed by atoms with van der Waals surface area (Å²) in [4.78, 5) is 33.4. The normalized spacial score (nSPS) is 22.5. The molecule has 9 heteroatoms. The average molecular weight is 303 g/mol. The maximum Gasteiger partial charge on any atom is 0.326 e. The molecule has 1 fully saturated rings. The van der Waals surface area contributed by atoms with E-state index in [0.29, 0.717) is 19.6 Å². The molecular formula is C12H21N3O6. The molecule has 0 aliphatic carbocycles. The molecule has 1 aliphatic rings. The van der Waals surface area contributed by atoms with Crippen molar-refractivity contribution in [2.45, 2.75) is 30.9 Å². The minimum atomic E-state index is -1.22. The number of carbonyl (C=O) groups excluding carboxylic acids is 2. The van der Waals surface area contributed by atoms with Crippen LogP contribution in [0.4, 0.5) is 4.79 Å². The van der Waals surface area contributed by atoms with Crippen LogP contribution in [0.1, 0.15) is 19.3 Å². The fourth-order valence-corrected chi connectivity index (χ4v) is 1.96. The highest BCUT2D eigenvalue weighted by Crippen LogP contribution is 2.21. The molecule has 1 aliphatic heterocycles. The highest BCUT2D eigenvalue weighted by atomic mass is 16.5. The van der Waals surface area contributed by atoms with Crippen LogP contribution < -0.4 is 16.4 Å². The first-order valence-electron chi connectivity index (χ1n) is 6.57. The van der Waals surface area contributed by atoms with E-state index in [4.69, 9.17) is 20.3 Å². The van der Waals surface area contributed by atoms with Crippen molar-refractivity contribution in [2.75, 3.05) is 26.9 Å². The number of rotatable bonds is 8. The van der Waals surface area contributed by atoms with Crippen molar-refractivity contribution in [3.8, 4) is 0 Å². The summed E-state index contributed by atoms with van der Waals surface area (Å²) in [6.07, 6.45) is 0.470. The summed E-state index contributed by atoms with van der Waals surface area (Å²) in [6.45, 7) is 1.12. The molecule has 2 unspecified atom stereocenters. The van der Waals surface area contributed by atoms with E-state index in [1.165, 1.54) is 7.11 Å².